The predicted molar refractivity (Wildman–Crippen MR) is 135 cm³/mol. The Kier molecular flexibility index (Phi) is 8.37. The van der Waals surface area contributed by atoms with Gasteiger partial charge in [-0.2, -0.15) is 0 Å². The zero-order chi connectivity index (χ0) is 25.5. The summed E-state index contributed by atoms with van der Waals surface area (Å²) >= 11 is 0.768. The van der Waals surface area contributed by atoms with E-state index in [4.69, 9.17) is 4.74 Å². The Bertz CT molecular complexity index is 1180. The molecule has 0 aromatic heterocycles. The van der Waals surface area contributed by atoms with E-state index in [1.807, 2.05) is 0 Å². The molecule has 2 aromatic rings. The summed E-state index contributed by atoms with van der Waals surface area (Å²) in [6, 6.07) is 12.2. The van der Waals surface area contributed by atoms with Crippen LogP contribution in [0, 0.1) is 5.82 Å². The number of carbonyl (C=O) groups excluding carboxylic acids is 4. The second-order valence-corrected chi connectivity index (χ2v) is 9.44. The van der Waals surface area contributed by atoms with Gasteiger partial charge in [0.2, 0.25) is 5.91 Å². The molecule has 0 spiro atoms. The highest BCUT2D eigenvalue weighted by molar-refractivity contribution is 8.18. The number of rotatable bonds is 7. The van der Waals surface area contributed by atoms with E-state index in [2.05, 4.69) is 5.32 Å². The summed E-state index contributed by atoms with van der Waals surface area (Å²) in [5, 5.41) is 2.11. The zero-order valence-corrected chi connectivity index (χ0v) is 20.4. The smallest absolute Gasteiger partial charge is 0.294 e. The van der Waals surface area contributed by atoms with Gasteiger partial charge >= 0.3 is 0 Å². The van der Waals surface area contributed by atoms with Crippen LogP contribution in [-0.2, 0) is 14.4 Å². The Hall–Kier alpha value is -3.66. The van der Waals surface area contributed by atoms with E-state index in [0.717, 1.165) is 42.3 Å². The maximum atomic E-state index is 13.0. The van der Waals surface area contributed by atoms with E-state index < -0.39 is 22.9 Å². The number of anilines is 1. The molecule has 0 bridgehead atoms. The molecule has 188 valence electrons. The normalized spacial score (nSPS) is 17.3. The molecule has 2 aliphatic heterocycles. The van der Waals surface area contributed by atoms with Crippen LogP contribution in [-0.4, -0.2) is 59.0 Å². The number of carbonyl (C=O) groups is 4. The lowest BCUT2D eigenvalue weighted by Gasteiger charge is -2.22. The van der Waals surface area contributed by atoms with Crippen molar-refractivity contribution >= 4 is 46.5 Å². The molecule has 2 fully saturated rings. The first-order valence-electron chi connectivity index (χ1n) is 11.7. The summed E-state index contributed by atoms with van der Waals surface area (Å²) in [7, 11) is 0. The van der Waals surface area contributed by atoms with Crippen molar-refractivity contribution in [3.05, 3.63) is 64.8 Å². The van der Waals surface area contributed by atoms with E-state index >= 15 is 0 Å². The number of likely N-dealkylation sites (tertiary alicyclic amines) is 1. The number of halogens is 1. The molecular weight excluding hydrogens is 485 g/mol. The first-order chi connectivity index (χ1) is 17.4. The number of nitrogens with zero attached hydrogens (tertiary/aromatic N) is 2. The van der Waals surface area contributed by atoms with Crippen LogP contribution in [0.25, 0.3) is 6.08 Å². The van der Waals surface area contributed by atoms with E-state index in [-0.39, 0.29) is 24.0 Å². The Labute approximate surface area is 212 Å². The maximum absolute atomic E-state index is 13.0. The minimum absolute atomic E-state index is 0.176. The van der Waals surface area contributed by atoms with E-state index in [0.29, 0.717) is 30.1 Å². The van der Waals surface area contributed by atoms with Crippen molar-refractivity contribution < 1.29 is 28.3 Å². The Morgan fingerprint density at radius 2 is 1.69 bits per heavy atom. The molecule has 1 N–H and O–H groups in total. The van der Waals surface area contributed by atoms with Crippen LogP contribution in [0.1, 0.15) is 31.2 Å². The summed E-state index contributed by atoms with van der Waals surface area (Å²) in [5.41, 5.74) is 0.943. The highest BCUT2D eigenvalue weighted by Gasteiger charge is 2.37. The third kappa shape index (κ3) is 6.51. The molecule has 2 aromatic carbocycles. The van der Waals surface area contributed by atoms with Crippen molar-refractivity contribution in [2.45, 2.75) is 25.7 Å². The van der Waals surface area contributed by atoms with Crippen molar-refractivity contribution in [3.63, 3.8) is 0 Å². The van der Waals surface area contributed by atoms with Crippen molar-refractivity contribution in [1.29, 1.82) is 0 Å². The lowest BCUT2D eigenvalue weighted by Crippen LogP contribution is -2.42. The molecule has 36 heavy (non-hydrogen) atoms. The molecule has 0 unspecified atom stereocenters. The van der Waals surface area contributed by atoms with Crippen LogP contribution in [0.2, 0.25) is 0 Å². The van der Waals surface area contributed by atoms with Gasteiger partial charge in [-0.3, -0.25) is 24.1 Å². The van der Waals surface area contributed by atoms with Gasteiger partial charge in [0, 0.05) is 24.3 Å². The lowest BCUT2D eigenvalue weighted by atomic mass is 10.2. The standard InChI is InChI=1S/C26H26FN3O5S/c27-19-9-11-20(12-10-19)28-23(31)17-35-21-8-4-3-7-18(21)15-22-25(33)30(26(34)36-22)16-24(32)29-13-5-1-2-6-14-29/h3-4,7-12,15H,1-2,5-6,13-14,16-17H2,(H,28,31). The van der Waals surface area contributed by atoms with E-state index in [1.54, 1.807) is 29.2 Å². The maximum Gasteiger partial charge on any atom is 0.294 e. The number of ether oxygens (including phenoxy) is 1. The average Bonchev–Trinajstić information content (AvgIpc) is 3.05. The molecule has 4 amide bonds. The lowest BCUT2D eigenvalue weighted by molar-refractivity contribution is -0.135. The van der Waals surface area contributed by atoms with Crippen LogP contribution in [0.15, 0.2) is 53.4 Å². The van der Waals surface area contributed by atoms with Crippen molar-refractivity contribution in [1.82, 2.24) is 9.80 Å². The number of imide groups is 1. The Morgan fingerprint density at radius 1 is 1.00 bits per heavy atom. The zero-order valence-electron chi connectivity index (χ0n) is 19.6. The monoisotopic (exact) mass is 511 g/mol. The van der Waals surface area contributed by atoms with E-state index in [1.165, 1.54) is 30.3 Å². The number of benzene rings is 2. The van der Waals surface area contributed by atoms with Crippen LogP contribution in [0.4, 0.5) is 14.9 Å². The fraction of sp³-hybridized carbons (Fsp3) is 0.308. The summed E-state index contributed by atoms with van der Waals surface area (Å²) in [6.07, 6.45) is 5.51. The van der Waals surface area contributed by atoms with Crippen LogP contribution >= 0.6 is 11.8 Å². The highest BCUT2D eigenvalue weighted by atomic mass is 32.2. The SMILES string of the molecule is O=C(COc1ccccc1C=C1SC(=O)N(CC(=O)N2CCCCCC2)C1=O)Nc1ccc(F)cc1. The molecule has 8 nitrogen and oxygen atoms in total. The van der Waals surface area contributed by atoms with E-state index in [9.17, 15) is 23.6 Å². The fourth-order valence-corrected chi connectivity index (χ4v) is 4.77. The first kappa shape index (κ1) is 25.4. The molecule has 4 rings (SSSR count). The number of nitrogens with one attached hydrogen (secondary N) is 1. The largest absolute Gasteiger partial charge is 0.483 e. The first-order valence-corrected chi connectivity index (χ1v) is 12.5. The number of hydrogen-bond donors (Lipinski definition) is 1. The summed E-state index contributed by atoms with van der Waals surface area (Å²) in [5.74, 6) is -1.26. The van der Waals surface area contributed by atoms with Crippen LogP contribution in [0.3, 0.4) is 0 Å². The van der Waals surface area contributed by atoms with Crippen LogP contribution < -0.4 is 10.1 Å². The molecule has 2 saturated heterocycles. The third-order valence-electron chi connectivity index (χ3n) is 5.82. The van der Waals surface area contributed by atoms with Crippen molar-refractivity contribution in [2.24, 2.45) is 0 Å². The predicted octanol–water partition coefficient (Wildman–Crippen LogP) is 4.28. The van der Waals surface area contributed by atoms with Gasteiger partial charge in [-0.1, -0.05) is 31.0 Å². The molecule has 0 aliphatic carbocycles. The third-order valence-corrected chi connectivity index (χ3v) is 6.73. The molecule has 2 heterocycles. The molecular formula is C26H26FN3O5S. The van der Waals surface area contributed by atoms with Gasteiger partial charge in [-0.25, -0.2) is 4.39 Å². The van der Waals surface area contributed by atoms with Crippen molar-refractivity contribution in [2.75, 3.05) is 31.6 Å². The number of thioether (sulfide) groups is 1. The molecule has 2 aliphatic rings. The minimum Gasteiger partial charge on any atom is -0.483 e. The van der Waals surface area contributed by atoms with Gasteiger partial charge in [-0.05, 0) is 61.0 Å². The summed E-state index contributed by atoms with van der Waals surface area (Å²) in [4.78, 5) is 53.2. The van der Waals surface area contributed by atoms with Gasteiger partial charge in [-0.15, -0.1) is 0 Å². The number of amides is 4. The highest BCUT2D eigenvalue weighted by Crippen LogP contribution is 2.34. The second-order valence-electron chi connectivity index (χ2n) is 8.44. The molecule has 10 heteroatoms. The Morgan fingerprint density at radius 3 is 2.42 bits per heavy atom. The van der Waals surface area contributed by atoms with Gasteiger partial charge in [0.1, 0.15) is 18.1 Å². The van der Waals surface area contributed by atoms with Gasteiger partial charge in [0.15, 0.2) is 6.61 Å². The quantitative estimate of drug-likeness (QED) is 0.558. The van der Waals surface area contributed by atoms with Crippen LogP contribution in [0.5, 0.6) is 5.75 Å². The molecule has 0 saturated carbocycles. The topological polar surface area (TPSA) is 96.0 Å². The second kappa shape index (κ2) is 11.9. The fourth-order valence-electron chi connectivity index (χ4n) is 3.94. The molecule has 0 radical (unpaired) electrons. The van der Waals surface area contributed by atoms with Crippen molar-refractivity contribution in [3.8, 4) is 5.75 Å². The molecule has 0 atom stereocenters. The van der Waals surface area contributed by atoms with Gasteiger partial charge in [0.05, 0.1) is 4.91 Å². The number of hydrogen-bond acceptors (Lipinski definition) is 6. The summed E-state index contributed by atoms with van der Waals surface area (Å²) < 4.78 is 18.7. The minimum atomic E-state index is -0.531. The van der Waals surface area contributed by atoms with Gasteiger partial charge < -0.3 is 15.0 Å². The average molecular weight is 512 g/mol. The Balaban J connectivity index is 1.39. The summed E-state index contributed by atoms with van der Waals surface area (Å²) in [6.45, 7) is 0.701. The van der Waals surface area contributed by atoms with Gasteiger partial charge in [0.25, 0.3) is 17.1 Å². The number of para-hydroxylation sites is 1.